The summed E-state index contributed by atoms with van der Waals surface area (Å²) in [7, 11) is 0. The van der Waals surface area contributed by atoms with E-state index >= 15 is 0 Å². The molecule has 0 fully saturated rings. The summed E-state index contributed by atoms with van der Waals surface area (Å²) in [5.74, 6) is 0.610. The highest BCUT2D eigenvalue weighted by molar-refractivity contribution is 5.67. The number of rotatable bonds is 4. The molecular weight excluding hydrogens is 230 g/mol. The summed E-state index contributed by atoms with van der Waals surface area (Å²) < 4.78 is 1.57. The molecule has 0 saturated carbocycles. The number of nitro groups is 1. The lowest BCUT2D eigenvalue weighted by atomic mass is 10.2. The third kappa shape index (κ3) is 2.45. The molecule has 0 aliphatic rings. The van der Waals surface area contributed by atoms with Gasteiger partial charge in [-0.25, -0.2) is 9.55 Å². The van der Waals surface area contributed by atoms with Crippen LogP contribution >= 0.6 is 0 Å². The van der Waals surface area contributed by atoms with Gasteiger partial charge in [-0.1, -0.05) is 30.3 Å². The quantitative estimate of drug-likeness (QED) is 0.612. The molecule has 18 heavy (non-hydrogen) atoms. The first-order valence-corrected chi connectivity index (χ1v) is 5.65. The second-order valence-electron chi connectivity index (χ2n) is 3.72. The maximum Gasteiger partial charge on any atom is 0.343 e. The van der Waals surface area contributed by atoms with Crippen molar-refractivity contribution in [1.82, 2.24) is 9.55 Å². The number of nitrogens with zero attached hydrogens (tertiary/aromatic N) is 3. The van der Waals surface area contributed by atoms with Crippen LogP contribution in [0.3, 0.4) is 0 Å². The minimum absolute atomic E-state index is 0.0187. The number of imidazole rings is 1. The Morgan fingerprint density at radius 3 is 2.67 bits per heavy atom. The van der Waals surface area contributed by atoms with E-state index in [4.69, 9.17) is 0 Å². The van der Waals surface area contributed by atoms with Gasteiger partial charge in [-0.05, 0) is 23.5 Å². The third-order valence-corrected chi connectivity index (χ3v) is 2.59. The van der Waals surface area contributed by atoms with Crippen LogP contribution in [0.1, 0.15) is 18.3 Å². The van der Waals surface area contributed by atoms with Crippen LogP contribution in [0.5, 0.6) is 0 Å². The summed E-state index contributed by atoms with van der Waals surface area (Å²) in [5, 5.41) is 10.8. The number of hydrogen-bond acceptors (Lipinski definition) is 3. The molecule has 0 radical (unpaired) electrons. The summed E-state index contributed by atoms with van der Waals surface area (Å²) in [4.78, 5) is 14.4. The second kappa shape index (κ2) is 5.27. The van der Waals surface area contributed by atoms with Gasteiger partial charge in [-0.3, -0.25) is 0 Å². The van der Waals surface area contributed by atoms with E-state index in [1.54, 1.807) is 10.6 Å². The normalized spacial score (nSPS) is 10.9. The van der Waals surface area contributed by atoms with Crippen LogP contribution in [-0.4, -0.2) is 14.5 Å². The van der Waals surface area contributed by atoms with E-state index < -0.39 is 4.92 Å². The lowest BCUT2D eigenvalue weighted by Crippen LogP contribution is -2.02. The lowest BCUT2D eigenvalue weighted by Gasteiger charge is -1.98. The van der Waals surface area contributed by atoms with Crippen LogP contribution in [0.25, 0.3) is 12.2 Å². The third-order valence-electron chi connectivity index (χ3n) is 2.59. The van der Waals surface area contributed by atoms with E-state index in [0.29, 0.717) is 12.4 Å². The summed E-state index contributed by atoms with van der Waals surface area (Å²) in [6.07, 6.45) is 4.96. The SMILES string of the molecule is CCn1c([N+](=O)[O-])cnc1C=Cc1ccccc1. The molecule has 0 atom stereocenters. The molecule has 5 heteroatoms. The largest absolute Gasteiger partial charge is 0.358 e. The van der Waals surface area contributed by atoms with Gasteiger partial charge in [0.2, 0.25) is 5.82 Å². The van der Waals surface area contributed by atoms with Gasteiger partial charge >= 0.3 is 5.82 Å². The highest BCUT2D eigenvalue weighted by atomic mass is 16.6. The Morgan fingerprint density at radius 2 is 2.06 bits per heavy atom. The molecule has 0 aliphatic heterocycles. The standard InChI is InChI=1S/C13H13N3O2/c1-2-15-12(14-10-13(15)16(17)18)9-8-11-6-4-3-5-7-11/h3-10H,2H2,1H3. The van der Waals surface area contributed by atoms with Gasteiger partial charge in [-0.15, -0.1) is 0 Å². The molecule has 5 nitrogen and oxygen atoms in total. The summed E-state index contributed by atoms with van der Waals surface area (Å²) in [6.45, 7) is 2.37. The van der Waals surface area contributed by atoms with Crippen molar-refractivity contribution in [2.45, 2.75) is 13.5 Å². The van der Waals surface area contributed by atoms with Crippen LogP contribution in [-0.2, 0) is 6.54 Å². The van der Waals surface area contributed by atoms with Crippen molar-refractivity contribution < 1.29 is 4.92 Å². The van der Waals surface area contributed by atoms with Gasteiger partial charge in [-0.2, -0.15) is 0 Å². The van der Waals surface area contributed by atoms with Crippen molar-refractivity contribution in [3.63, 3.8) is 0 Å². The lowest BCUT2D eigenvalue weighted by molar-refractivity contribution is -0.392. The molecule has 0 aliphatic carbocycles. The van der Waals surface area contributed by atoms with Gasteiger partial charge in [0.25, 0.3) is 0 Å². The molecule has 92 valence electrons. The van der Waals surface area contributed by atoms with E-state index in [1.165, 1.54) is 6.20 Å². The average molecular weight is 243 g/mol. The predicted molar refractivity (Wildman–Crippen MR) is 69.9 cm³/mol. The van der Waals surface area contributed by atoms with Crippen molar-refractivity contribution in [2.24, 2.45) is 0 Å². The average Bonchev–Trinajstić information content (AvgIpc) is 2.80. The Balaban J connectivity index is 2.30. The fourth-order valence-electron chi connectivity index (χ4n) is 1.72. The Labute approximate surface area is 105 Å². The zero-order chi connectivity index (χ0) is 13.0. The smallest absolute Gasteiger partial charge is 0.343 e. The van der Waals surface area contributed by atoms with Gasteiger partial charge < -0.3 is 10.1 Å². The molecule has 1 heterocycles. The zero-order valence-corrected chi connectivity index (χ0v) is 9.98. The number of benzene rings is 1. The molecule has 1 aromatic carbocycles. The van der Waals surface area contributed by atoms with E-state index in [-0.39, 0.29) is 5.82 Å². The van der Waals surface area contributed by atoms with Crippen molar-refractivity contribution in [3.8, 4) is 0 Å². The molecule has 0 saturated heterocycles. The van der Waals surface area contributed by atoms with Crippen LogP contribution in [0.2, 0.25) is 0 Å². The number of aromatic nitrogens is 2. The molecule has 0 N–H and O–H groups in total. The first kappa shape index (κ1) is 12.0. The number of hydrogen-bond donors (Lipinski definition) is 0. The minimum atomic E-state index is -0.420. The molecule has 2 aromatic rings. The van der Waals surface area contributed by atoms with Crippen LogP contribution < -0.4 is 0 Å². The van der Waals surface area contributed by atoms with Crippen molar-refractivity contribution in [2.75, 3.05) is 0 Å². The van der Waals surface area contributed by atoms with Gasteiger partial charge in [0.1, 0.15) is 6.20 Å². The van der Waals surface area contributed by atoms with E-state index in [1.807, 2.05) is 43.3 Å². The molecule has 1 aromatic heterocycles. The van der Waals surface area contributed by atoms with Crippen LogP contribution in [0, 0.1) is 10.1 Å². The Bertz CT molecular complexity index is 573. The van der Waals surface area contributed by atoms with Crippen LogP contribution in [0.4, 0.5) is 5.82 Å². The Hall–Kier alpha value is -2.43. The van der Waals surface area contributed by atoms with Crippen LogP contribution in [0.15, 0.2) is 36.5 Å². The fraction of sp³-hybridized carbons (Fsp3) is 0.154. The van der Waals surface area contributed by atoms with Crippen molar-refractivity contribution >= 4 is 18.0 Å². The Kier molecular flexibility index (Phi) is 3.52. The fourth-order valence-corrected chi connectivity index (χ4v) is 1.72. The minimum Gasteiger partial charge on any atom is -0.358 e. The van der Waals surface area contributed by atoms with Crippen molar-refractivity contribution in [1.29, 1.82) is 0 Å². The van der Waals surface area contributed by atoms with Gasteiger partial charge in [0.05, 0.1) is 6.54 Å². The van der Waals surface area contributed by atoms with Gasteiger partial charge in [0, 0.05) is 6.08 Å². The summed E-state index contributed by atoms with van der Waals surface area (Å²) in [5.41, 5.74) is 1.03. The maximum atomic E-state index is 10.8. The summed E-state index contributed by atoms with van der Waals surface area (Å²) in [6, 6.07) is 9.74. The zero-order valence-electron chi connectivity index (χ0n) is 9.98. The second-order valence-corrected chi connectivity index (χ2v) is 3.72. The predicted octanol–water partition coefficient (Wildman–Crippen LogP) is 2.98. The Morgan fingerprint density at radius 1 is 1.33 bits per heavy atom. The van der Waals surface area contributed by atoms with Gasteiger partial charge in [0.15, 0.2) is 0 Å². The maximum absolute atomic E-state index is 10.8. The van der Waals surface area contributed by atoms with E-state index in [0.717, 1.165) is 5.56 Å². The van der Waals surface area contributed by atoms with E-state index in [2.05, 4.69) is 4.98 Å². The van der Waals surface area contributed by atoms with E-state index in [9.17, 15) is 10.1 Å². The first-order valence-electron chi connectivity index (χ1n) is 5.65. The monoisotopic (exact) mass is 243 g/mol. The topological polar surface area (TPSA) is 61.0 Å². The highest BCUT2D eigenvalue weighted by Crippen LogP contribution is 2.16. The highest BCUT2D eigenvalue weighted by Gasteiger charge is 2.16. The molecule has 0 unspecified atom stereocenters. The molecule has 0 bridgehead atoms. The molecule has 0 spiro atoms. The molecule has 2 rings (SSSR count). The van der Waals surface area contributed by atoms with Crippen molar-refractivity contribution in [3.05, 3.63) is 58.0 Å². The summed E-state index contributed by atoms with van der Waals surface area (Å²) >= 11 is 0. The molecular formula is C13H13N3O2. The first-order chi connectivity index (χ1) is 8.72. The molecule has 0 amide bonds.